The van der Waals surface area contributed by atoms with Crippen LogP contribution in [0.3, 0.4) is 0 Å². The monoisotopic (exact) mass is 383 g/mol. The molecular weight excluding hydrogens is 354 g/mol. The van der Waals surface area contributed by atoms with Gasteiger partial charge in [0.1, 0.15) is 0 Å². The maximum atomic E-state index is 4.41. The second kappa shape index (κ2) is 9.33. The van der Waals surface area contributed by atoms with Gasteiger partial charge in [0, 0.05) is 50.6 Å². The fraction of sp³-hybridized carbons (Fsp3) is 0.706. The minimum atomic E-state index is 0.839. The second-order valence-electron chi connectivity index (χ2n) is 6.35. The molecule has 6 heteroatoms. The van der Waals surface area contributed by atoms with Crippen molar-refractivity contribution in [3.63, 3.8) is 0 Å². The maximum Gasteiger partial charge on any atom is 0.193 e. The Morgan fingerprint density at radius 3 is 2.57 bits per heavy atom. The van der Waals surface area contributed by atoms with Crippen molar-refractivity contribution < 1.29 is 0 Å². The van der Waals surface area contributed by atoms with E-state index in [0.29, 0.717) is 0 Å². The van der Waals surface area contributed by atoms with Crippen molar-refractivity contribution in [1.82, 2.24) is 19.7 Å². The van der Waals surface area contributed by atoms with Crippen LogP contribution in [0.25, 0.3) is 0 Å². The van der Waals surface area contributed by atoms with Gasteiger partial charge in [-0.25, -0.2) is 0 Å². The van der Waals surface area contributed by atoms with Gasteiger partial charge in [-0.3, -0.25) is 4.99 Å². The molecule has 1 saturated heterocycles. The lowest BCUT2D eigenvalue weighted by atomic mass is 10.2. The summed E-state index contributed by atoms with van der Waals surface area (Å²) in [5, 5.41) is 3.50. The summed E-state index contributed by atoms with van der Waals surface area (Å²) < 4.78 is 3.26. The number of aliphatic imine (C=N–C) groups is 1. The standard InChI is InChI=1S/C17H30BrN5/c1-19-17(20-8-11-23-9-6-4-5-7-10-23)22(3)14-16-12-15(18)13-21(16)2/h12-13H,4-11,14H2,1-3H3,(H,19,20). The Bertz CT molecular complexity index is 503. The van der Waals surface area contributed by atoms with E-state index in [2.05, 4.69) is 67.0 Å². The SMILES string of the molecule is CN=C(NCCN1CCCCCC1)N(C)Cc1cc(Br)cn1C. The zero-order valence-corrected chi connectivity index (χ0v) is 16.3. The van der Waals surface area contributed by atoms with E-state index in [4.69, 9.17) is 0 Å². The van der Waals surface area contributed by atoms with E-state index in [9.17, 15) is 0 Å². The van der Waals surface area contributed by atoms with Gasteiger partial charge in [0.15, 0.2) is 5.96 Å². The van der Waals surface area contributed by atoms with Crippen LogP contribution in [0.15, 0.2) is 21.7 Å². The van der Waals surface area contributed by atoms with Gasteiger partial charge >= 0.3 is 0 Å². The van der Waals surface area contributed by atoms with Crippen molar-refractivity contribution in [2.75, 3.05) is 40.3 Å². The van der Waals surface area contributed by atoms with E-state index in [-0.39, 0.29) is 0 Å². The molecule has 0 bridgehead atoms. The van der Waals surface area contributed by atoms with E-state index in [1.165, 1.54) is 44.5 Å². The van der Waals surface area contributed by atoms with Crippen LogP contribution in [-0.4, -0.2) is 60.6 Å². The molecule has 2 heterocycles. The van der Waals surface area contributed by atoms with Gasteiger partial charge in [0.05, 0.1) is 6.54 Å². The highest BCUT2D eigenvalue weighted by atomic mass is 79.9. The summed E-state index contributed by atoms with van der Waals surface area (Å²) in [6.07, 6.45) is 7.55. The lowest BCUT2D eigenvalue weighted by Crippen LogP contribution is -2.42. The normalized spacial score (nSPS) is 17.1. The molecule has 23 heavy (non-hydrogen) atoms. The van der Waals surface area contributed by atoms with Gasteiger partial charge in [0.2, 0.25) is 0 Å². The topological polar surface area (TPSA) is 35.8 Å². The van der Waals surface area contributed by atoms with Gasteiger partial charge in [-0.05, 0) is 47.9 Å². The van der Waals surface area contributed by atoms with Crippen LogP contribution >= 0.6 is 15.9 Å². The number of rotatable bonds is 5. The van der Waals surface area contributed by atoms with E-state index < -0.39 is 0 Å². The first-order valence-electron chi connectivity index (χ1n) is 8.55. The lowest BCUT2D eigenvalue weighted by molar-refractivity contribution is 0.287. The van der Waals surface area contributed by atoms with Crippen molar-refractivity contribution in [1.29, 1.82) is 0 Å². The van der Waals surface area contributed by atoms with Crippen LogP contribution < -0.4 is 5.32 Å². The Morgan fingerprint density at radius 2 is 2.00 bits per heavy atom. The summed E-state index contributed by atoms with van der Waals surface area (Å²) in [4.78, 5) is 9.16. The fourth-order valence-electron chi connectivity index (χ4n) is 3.11. The average Bonchev–Trinajstić information content (AvgIpc) is 2.71. The van der Waals surface area contributed by atoms with Crippen molar-refractivity contribution in [3.8, 4) is 0 Å². The molecule has 0 unspecified atom stereocenters. The van der Waals surface area contributed by atoms with Crippen LogP contribution in [-0.2, 0) is 13.6 Å². The molecule has 1 fully saturated rings. The molecule has 0 saturated carbocycles. The van der Waals surface area contributed by atoms with E-state index >= 15 is 0 Å². The van der Waals surface area contributed by atoms with Crippen molar-refractivity contribution in [2.45, 2.75) is 32.2 Å². The zero-order chi connectivity index (χ0) is 16.7. The predicted octanol–water partition coefficient (Wildman–Crippen LogP) is 2.67. The lowest BCUT2D eigenvalue weighted by Gasteiger charge is -2.24. The first-order valence-corrected chi connectivity index (χ1v) is 9.34. The zero-order valence-electron chi connectivity index (χ0n) is 14.7. The molecule has 5 nitrogen and oxygen atoms in total. The molecule has 0 aromatic carbocycles. The Hall–Kier alpha value is -1.01. The third-order valence-corrected chi connectivity index (χ3v) is 4.89. The largest absolute Gasteiger partial charge is 0.355 e. The Balaban J connectivity index is 1.78. The number of likely N-dealkylation sites (tertiary alicyclic amines) is 1. The van der Waals surface area contributed by atoms with Crippen LogP contribution in [0, 0.1) is 0 Å². The summed E-state index contributed by atoms with van der Waals surface area (Å²) in [5.41, 5.74) is 1.26. The van der Waals surface area contributed by atoms with E-state index in [0.717, 1.165) is 30.1 Å². The van der Waals surface area contributed by atoms with Crippen molar-refractivity contribution >= 4 is 21.9 Å². The Labute approximate surface area is 148 Å². The highest BCUT2D eigenvalue weighted by Gasteiger charge is 2.11. The summed E-state index contributed by atoms with van der Waals surface area (Å²) in [6.45, 7) is 5.38. The summed E-state index contributed by atoms with van der Waals surface area (Å²) in [6, 6.07) is 2.15. The number of hydrogen-bond acceptors (Lipinski definition) is 2. The first-order chi connectivity index (χ1) is 11.1. The van der Waals surface area contributed by atoms with Crippen LogP contribution in [0.2, 0.25) is 0 Å². The molecule has 0 amide bonds. The van der Waals surface area contributed by atoms with Crippen LogP contribution in [0.4, 0.5) is 0 Å². The minimum absolute atomic E-state index is 0.839. The molecule has 0 aliphatic carbocycles. The van der Waals surface area contributed by atoms with Crippen LogP contribution in [0.5, 0.6) is 0 Å². The summed E-state index contributed by atoms with van der Waals surface area (Å²) in [7, 11) is 6.01. The third-order valence-electron chi connectivity index (χ3n) is 4.46. The number of halogens is 1. The molecule has 130 valence electrons. The molecule has 1 aliphatic rings. The highest BCUT2D eigenvalue weighted by molar-refractivity contribution is 9.10. The molecule has 1 aromatic rings. The number of nitrogens with one attached hydrogen (secondary N) is 1. The number of guanidine groups is 1. The van der Waals surface area contributed by atoms with Crippen molar-refractivity contribution in [3.05, 3.63) is 22.4 Å². The molecule has 1 aromatic heterocycles. The number of aromatic nitrogens is 1. The van der Waals surface area contributed by atoms with Gasteiger partial charge in [-0.15, -0.1) is 0 Å². The summed E-state index contributed by atoms with van der Waals surface area (Å²) >= 11 is 3.53. The van der Waals surface area contributed by atoms with Crippen molar-refractivity contribution in [2.24, 2.45) is 12.0 Å². The third kappa shape index (κ3) is 5.84. The van der Waals surface area contributed by atoms with Crippen LogP contribution in [0.1, 0.15) is 31.4 Å². The molecule has 2 rings (SSSR count). The average molecular weight is 384 g/mol. The van der Waals surface area contributed by atoms with Gasteiger partial charge in [-0.2, -0.15) is 0 Å². The van der Waals surface area contributed by atoms with E-state index in [1.807, 2.05) is 7.05 Å². The van der Waals surface area contributed by atoms with Gasteiger partial charge in [0.25, 0.3) is 0 Å². The summed E-state index contributed by atoms with van der Waals surface area (Å²) in [5.74, 6) is 0.956. The predicted molar refractivity (Wildman–Crippen MR) is 101 cm³/mol. The molecule has 0 atom stereocenters. The Morgan fingerprint density at radius 1 is 1.30 bits per heavy atom. The second-order valence-corrected chi connectivity index (χ2v) is 7.26. The molecular formula is C17H30BrN5. The van der Waals surface area contributed by atoms with Gasteiger partial charge in [-0.1, -0.05) is 12.8 Å². The molecule has 1 N–H and O–H groups in total. The molecule has 1 aliphatic heterocycles. The van der Waals surface area contributed by atoms with Gasteiger partial charge < -0.3 is 19.7 Å². The number of hydrogen-bond donors (Lipinski definition) is 1. The minimum Gasteiger partial charge on any atom is -0.355 e. The van der Waals surface area contributed by atoms with E-state index in [1.54, 1.807) is 0 Å². The Kier molecular flexibility index (Phi) is 7.43. The first kappa shape index (κ1) is 18.3. The fourth-order valence-corrected chi connectivity index (χ4v) is 3.68. The quantitative estimate of drug-likeness (QED) is 0.626. The smallest absolute Gasteiger partial charge is 0.193 e. The molecule has 0 spiro atoms. The number of nitrogens with zero attached hydrogens (tertiary/aromatic N) is 4. The highest BCUT2D eigenvalue weighted by Crippen LogP contribution is 2.15. The maximum absolute atomic E-state index is 4.41. The molecule has 0 radical (unpaired) electrons. The number of aryl methyl sites for hydroxylation is 1.